The Bertz CT molecular complexity index is 567. The van der Waals surface area contributed by atoms with Crippen LogP contribution < -0.4 is 9.47 Å². The van der Waals surface area contributed by atoms with Crippen LogP contribution in [0.15, 0.2) is 54.6 Å². The Kier molecular flexibility index (Phi) is 4.93. The molecule has 4 nitrogen and oxygen atoms in total. The summed E-state index contributed by atoms with van der Waals surface area (Å²) in [6.07, 6.45) is 0.434. The maximum Gasteiger partial charge on any atom is 0.226 e. The largest absolute Gasteiger partial charge is 0.489 e. The van der Waals surface area contributed by atoms with Crippen molar-refractivity contribution in [2.45, 2.75) is 31.8 Å². The third-order valence-corrected chi connectivity index (χ3v) is 3.56. The van der Waals surface area contributed by atoms with Gasteiger partial charge in [-0.05, 0) is 42.7 Å². The molecule has 0 amide bonds. The minimum atomic E-state index is -0.579. The van der Waals surface area contributed by atoms with Gasteiger partial charge in [0.05, 0.1) is 6.61 Å². The molecule has 1 fully saturated rings. The number of hydrogen-bond donors (Lipinski definition) is 1. The molecular formula is C18H20O4. The van der Waals surface area contributed by atoms with Gasteiger partial charge in [0.25, 0.3) is 0 Å². The van der Waals surface area contributed by atoms with Gasteiger partial charge in [0.1, 0.15) is 24.2 Å². The van der Waals surface area contributed by atoms with Gasteiger partial charge < -0.3 is 19.3 Å². The molecule has 0 saturated carbocycles. The zero-order valence-electron chi connectivity index (χ0n) is 12.4. The van der Waals surface area contributed by atoms with Crippen molar-refractivity contribution < 1.29 is 19.3 Å². The summed E-state index contributed by atoms with van der Waals surface area (Å²) in [7, 11) is 0. The molecule has 0 bridgehead atoms. The second-order valence-electron chi connectivity index (χ2n) is 5.31. The zero-order valence-corrected chi connectivity index (χ0v) is 12.4. The van der Waals surface area contributed by atoms with Crippen molar-refractivity contribution in [2.24, 2.45) is 0 Å². The van der Waals surface area contributed by atoms with E-state index in [-0.39, 0.29) is 0 Å². The fraction of sp³-hybridized carbons (Fsp3) is 0.333. The summed E-state index contributed by atoms with van der Waals surface area (Å²) in [6.45, 7) is 1.16. The van der Waals surface area contributed by atoms with E-state index in [0.717, 1.165) is 17.7 Å². The lowest BCUT2D eigenvalue weighted by molar-refractivity contribution is -0.170. The highest BCUT2D eigenvalue weighted by Crippen LogP contribution is 2.22. The van der Waals surface area contributed by atoms with Crippen molar-refractivity contribution >= 4 is 0 Å². The van der Waals surface area contributed by atoms with E-state index in [9.17, 15) is 5.11 Å². The second kappa shape index (κ2) is 7.29. The molecule has 1 saturated heterocycles. The lowest BCUT2D eigenvalue weighted by atomic mass is 10.1. The van der Waals surface area contributed by atoms with Crippen LogP contribution in [0.1, 0.15) is 18.4 Å². The Hall–Kier alpha value is -2.04. The van der Waals surface area contributed by atoms with Crippen LogP contribution in [0.2, 0.25) is 0 Å². The monoisotopic (exact) mass is 300 g/mol. The van der Waals surface area contributed by atoms with Crippen LogP contribution >= 0.6 is 0 Å². The van der Waals surface area contributed by atoms with Crippen molar-refractivity contribution in [1.82, 2.24) is 0 Å². The van der Waals surface area contributed by atoms with Crippen molar-refractivity contribution in [3.05, 3.63) is 60.2 Å². The fourth-order valence-corrected chi connectivity index (χ4v) is 2.34. The molecule has 2 aromatic rings. The van der Waals surface area contributed by atoms with Crippen molar-refractivity contribution in [3.8, 4) is 11.5 Å². The van der Waals surface area contributed by atoms with E-state index in [1.54, 1.807) is 0 Å². The van der Waals surface area contributed by atoms with Gasteiger partial charge in [-0.3, -0.25) is 0 Å². The van der Waals surface area contributed by atoms with Gasteiger partial charge in [-0.15, -0.1) is 0 Å². The Morgan fingerprint density at radius 2 is 1.73 bits per heavy atom. The lowest BCUT2D eigenvalue weighted by Crippen LogP contribution is -2.38. The summed E-state index contributed by atoms with van der Waals surface area (Å²) in [5.74, 6) is 1.44. The molecule has 1 aliphatic rings. The van der Waals surface area contributed by atoms with Crippen LogP contribution in [0, 0.1) is 0 Å². The van der Waals surface area contributed by atoms with E-state index >= 15 is 0 Å². The Morgan fingerprint density at radius 3 is 2.45 bits per heavy atom. The molecule has 4 heteroatoms. The van der Waals surface area contributed by atoms with E-state index in [2.05, 4.69) is 0 Å². The van der Waals surface area contributed by atoms with E-state index in [0.29, 0.717) is 25.4 Å². The average Bonchev–Trinajstić information content (AvgIpc) is 2.57. The van der Waals surface area contributed by atoms with Crippen LogP contribution in [0.5, 0.6) is 11.5 Å². The Balaban J connectivity index is 1.53. The molecule has 1 aliphatic heterocycles. The maximum atomic E-state index is 9.82. The molecule has 3 rings (SSSR count). The molecule has 22 heavy (non-hydrogen) atoms. The normalized spacial score (nSPS) is 21.3. The van der Waals surface area contributed by atoms with E-state index in [1.807, 2.05) is 54.6 Å². The first-order chi connectivity index (χ1) is 10.8. The smallest absolute Gasteiger partial charge is 0.226 e. The van der Waals surface area contributed by atoms with Crippen molar-refractivity contribution in [3.63, 3.8) is 0 Å². The molecule has 2 atom stereocenters. The number of benzene rings is 2. The van der Waals surface area contributed by atoms with E-state index in [1.165, 1.54) is 0 Å². The van der Waals surface area contributed by atoms with Crippen molar-refractivity contribution in [2.75, 3.05) is 6.61 Å². The quantitative estimate of drug-likeness (QED) is 0.921. The molecule has 1 heterocycles. The zero-order chi connectivity index (χ0) is 15.2. The van der Waals surface area contributed by atoms with Gasteiger partial charge in [-0.1, -0.05) is 30.3 Å². The van der Waals surface area contributed by atoms with Crippen LogP contribution in [-0.4, -0.2) is 24.1 Å². The average molecular weight is 300 g/mol. The molecule has 1 N–H and O–H groups in total. The van der Waals surface area contributed by atoms with E-state index < -0.39 is 12.4 Å². The molecule has 0 aromatic heterocycles. The Labute approximate surface area is 130 Å². The molecule has 0 aliphatic carbocycles. The van der Waals surface area contributed by atoms with Gasteiger partial charge in [0.2, 0.25) is 6.29 Å². The maximum absolute atomic E-state index is 9.82. The number of aliphatic hydroxyl groups excluding tert-OH is 1. The van der Waals surface area contributed by atoms with Crippen LogP contribution in [0.4, 0.5) is 0 Å². The number of hydrogen-bond acceptors (Lipinski definition) is 4. The Morgan fingerprint density at radius 1 is 1.00 bits per heavy atom. The van der Waals surface area contributed by atoms with Crippen LogP contribution in [0.3, 0.4) is 0 Å². The fourth-order valence-electron chi connectivity index (χ4n) is 2.34. The first-order valence-electron chi connectivity index (χ1n) is 7.54. The summed E-state index contributed by atoms with van der Waals surface area (Å²) in [6, 6.07) is 17.4. The first-order valence-corrected chi connectivity index (χ1v) is 7.54. The summed E-state index contributed by atoms with van der Waals surface area (Å²) in [4.78, 5) is 0. The van der Waals surface area contributed by atoms with Crippen LogP contribution in [0.25, 0.3) is 0 Å². The van der Waals surface area contributed by atoms with Crippen molar-refractivity contribution in [1.29, 1.82) is 0 Å². The number of rotatable bonds is 5. The highest BCUT2D eigenvalue weighted by atomic mass is 16.7. The number of ether oxygens (including phenoxy) is 3. The molecule has 0 spiro atoms. The van der Waals surface area contributed by atoms with E-state index in [4.69, 9.17) is 14.2 Å². The number of aliphatic hydroxyl groups is 1. The highest BCUT2D eigenvalue weighted by Gasteiger charge is 2.25. The summed E-state index contributed by atoms with van der Waals surface area (Å²) >= 11 is 0. The summed E-state index contributed by atoms with van der Waals surface area (Å²) in [5, 5.41) is 9.82. The first kappa shape index (κ1) is 14.9. The third kappa shape index (κ3) is 4.00. The molecule has 116 valence electrons. The van der Waals surface area contributed by atoms with Gasteiger partial charge in [0.15, 0.2) is 0 Å². The predicted octanol–water partition coefficient (Wildman–Crippen LogP) is 3.14. The van der Waals surface area contributed by atoms with Crippen LogP contribution in [-0.2, 0) is 11.3 Å². The summed E-state index contributed by atoms with van der Waals surface area (Å²) < 4.78 is 16.8. The minimum Gasteiger partial charge on any atom is -0.489 e. The SMILES string of the molecule is OC1CCCOC1Oc1ccc(OCc2ccccc2)cc1. The minimum absolute atomic E-state index is 0.533. The molecule has 0 radical (unpaired) electrons. The third-order valence-electron chi connectivity index (χ3n) is 3.56. The predicted molar refractivity (Wildman–Crippen MR) is 82.8 cm³/mol. The molecule has 2 unspecified atom stereocenters. The van der Waals surface area contributed by atoms with Gasteiger partial charge in [-0.2, -0.15) is 0 Å². The molecular weight excluding hydrogens is 280 g/mol. The van der Waals surface area contributed by atoms with Gasteiger partial charge in [0, 0.05) is 0 Å². The second-order valence-corrected chi connectivity index (χ2v) is 5.31. The summed E-state index contributed by atoms with van der Waals surface area (Å²) in [5.41, 5.74) is 1.13. The van der Waals surface area contributed by atoms with Gasteiger partial charge in [-0.25, -0.2) is 0 Å². The standard InChI is InChI=1S/C18H20O4/c19-17-7-4-12-20-18(17)22-16-10-8-15(9-11-16)21-13-14-5-2-1-3-6-14/h1-3,5-6,8-11,17-19H,4,7,12-13H2. The molecule has 2 aromatic carbocycles. The van der Waals surface area contributed by atoms with Gasteiger partial charge >= 0.3 is 0 Å². The lowest BCUT2D eigenvalue weighted by Gasteiger charge is -2.28. The highest BCUT2D eigenvalue weighted by molar-refractivity contribution is 5.31. The topological polar surface area (TPSA) is 47.9 Å².